The summed E-state index contributed by atoms with van der Waals surface area (Å²) in [5, 5.41) is 3.41. The molecule has 4 heterocycles. The molecule has 0 spiro atoms. The lowest BCUT2D eigenvalue weighted by atomic mass is 9.96. The van der Waals surface area contributed by atoms with Crippen LogP contribution in [0.4, 0.5) is 20.3 Å². The molecule has 2 aromatic carbocycles. The Kier molecular flexibility index (Phi) is 9.35. The van der Waals surface area contributed by atoms with Crippen LogP contribution in [0.3, 0.4) is 0 Å². The molecule has 0 saturated carbocycles. The number of anilines is 2. The van der Waals surface area contributed by atoms with Gasteiger partial charge >= 0.3 is 5.69 Å². The Morgan fingerprint density at radius 3 is 2.53 bits per heavy atom. The maximum atomic E-state index is 13.9. The predicted octanol–water partition coefficient (Wildman–Crippen LogP) is 5.01. The standard InChI is InChI=1S/C36H36ClF2N7O5/c1-17-20(7-6-10-25(17)41-31-28-33(44-32(43-31)30(38)39)45(2)36(48)46(3)35(28)47)21-8-5-9-22(29(21)37)26-14-18-13-19(15-23(18)34(42-26)49-4)51-27-16-50-12-11-24(27)40/h5-10,14,19,24,27,30H,11-13,15-16,40H2,1-4H3,(H,41,43,44)/t19?,24-,27+/m1/s1. The largest absolute Gasteiger partial charge is 0.481 e. The Labute approximate surface area is 296 Å². The molecule has 15 heteroatoms. The van der Waals surface area contributed by atoms with Gasteiger partial charge in [-0.05, 0) is 48.6 Å². The van der Waals surface area contributed by atoms with Gasteiger partial charge in [-0.15, -0.1) is 0 Å². The quantitative estimate of drug-likeness (QED) is 0.224. The van der Waals surface area contributed by atoms with Crippen molar-refractivity contribution in [2.24, 2.45) is 19.8 Å². The number of hydrogen-bond donors (Lipinski definition) is 2. The summed E-state index contributed by atoms with van der Waals surface area (Å²) in [6.45, 7) is 2.95. The summed E-state index contributed by atoms with van der Waals surface area (Å²) in [5.74, 6) is -0.466. The van der Waals surface area contributed by atoms with Gasteiger partial charge in [0.1, 0.15) is 11.2 Å². The van der Waals surface area contributed by atoms with Gasteiger partial charge in [0.25, 0.3) is 12.0 Å². The zero-order valence-electron chi connectivity index (χ0n) is 28.4. The molecule has 7 rings (SSSR count). The topological polar surface area (TPSA) is 148 Å². The minimum Gasteiger partial charge on any atom is -0.481 e. The number of halogens is 3. The fourth-order valence-corrected chi connectivity index (χ4v) is 7.18. The maximum Gasteiger partial charge on any atom is 0.332 e. The van der Waals surface area contributed by atoms with Crippen molar-refractivity contribution in [3.63, 3.8) is 0 Å². The smallest absolute Gasteiger partial charge is 0.332 e. The molecular formula is C36H36ClF2N7O5. The molecule has 12 nitrogen and oxygen atoms in total. The molecule has 51 heavy (non-hydrogen) atoms. The molecule has 3 aromatic heterocycles. The minimum atomic E-state index is -3.04. The molecule has 1 fully saturated rings. The highest BCUT2D eigenvalue weighted by atomic mass is 35.5. The normalized spacial score (nSPS) is 18.7. The SMILES string of the molecule is COc1nc(-c2cccc(-c3cccc(Nc4nc(C(F)F)nc5c4c(=O)n(C)c(=O)n5C)c3C)c2Cl)cc2c1CC(O[C@H]1COCC[C@H]1N)C2. The summed E-state index contributed by atoms with van der Waals surface area (Å²) >= 11 is 7.15. The predicted molar refractivity (Wildman–Crippen MR) is 189 cm³/mol. The molecule has 0 radical (unpaired) electrons. The number of aromatic nitrogens is 5. The van der Waals surface area contributed by atoms with Gasteiger partial charge in [0.2, 0.25) is 5.88 Å². The van der Waals surface area contributed by atoms with E-state index in [4.69, 9.17) is 36.5 Å². The molecule has 2 aliphatic rings. The molecule has 5 aromatic rings. The van der Waals surface area contributed by atoms with Gasteiger partial charge in [-0.25, -0.2) is 28.5 Å². The van der Waals surface area contributed by atoms with Crippen molar-refractivity contribution in [2.75, 3.05) is 25.6 Å². The van der Waals surface area contributed by atoms with Crippen LogP contribution in [-0.2, 0) is 36.4 Å². The van der Waals surface area contributed by atoms with E-state index in [0.29, 0.717) is 65.0 Å². The van der Waals surface area contributed by atoms with E-state index in [2.05, 4.69) is 15.3 Å². The van der Waals surface area contributed by atoms with Crippen molar-refractivity contribution >= 4 is 34.1 Å². The van der Waals surface area contributed by atoms with Crippen molar-refractivity contribution in [1.29, 1.82) is 0 Å². The van der Waals surface area contributed by atoms with Crippen LogP contribution in [0.25, 0.3) is 33.4 Å². The molecule has 3 N–H and O–H groups in total. The Balaban J connectivity index is 1.24. The second-order valence-corrected chi connectivity index (χ2v) is 13.2. The Hall–Kier alpha value is -4.76. The van der Waals surface area contributed by atoms with Crippen LogP contribution < -0.4 is 27.0 Å². The maximum absolute atomic E-state index is 13.9. The van der Waals surface area contributed by atoms with Crippen LogP contribution in [0.15, 0.2) is 52.1 Å². The van der Waals surface area contributed by atoms with Crippen LogP contribution in [0.5, 0.6) is 5.88 Å². The lowest BCUT2D eigenvalue weighted by molar-refractivity contribution is -0.0901. The van der Waals surface area contributed by atoms with E-state index in [-0.39, 0.29) is 35.1 Å². The number of hydrogen-bond acceptors (Lipinski definition) is 10. The molecule has 0 amide bonds. The first-order chi connectivity index (χ1) is 24.5. The Morgan fingerprint density at radius 1 is 1.04 bits per heavy atom. The summed E-state index contributed by atoms with van der Waals surface area (Å²) in [6.07, 6.45) is -1.24. The third kappa shape index (κ3) is 6.26. The molecule has 3 atom stereocenters. The van der Waals surface area contributed by atoms with E-state index in [1.807, 2.05) is 37.3 Å². The zero-order chi connectivity index (χ0) is 36.1. The number of nitrogens with zero attached hydrogens (tertiary/aromatic N) is 5. The number of aryl methyl sites for hydroxylation is 1. The average molecular weight is 720 g/mol. The summed E-state index contributed by atoms with van der Waals surface area (Å²) < 4.78 is 47.4. The van der Waals surface area contributed by atoms with Crippen molar-refractivity contribution in [3.8, 4) is 28.3 Å². The number of ether oxygens (including phenoxy) is 3. The molecule has 1 aliphatic carbocycles. The van der Waals surface area contributed by atoms with Gasteiger partial charge < -0.3 is 25.3 Å². The van der Waals surface area contributed by atoms with Crippen LogP contribution in [0.1, 0.15) is 35.4 Å². The van der Waals surface area contributed by atoms with Gasteiger partial charge in [-0.2, -0.15) is 0 Å². The lowest BCUT2D eigenvalue weighted by Crippen LogP contribution is -2.46. The van der Waals surface area contributed by atoms with E-state index in [1.54, 1.807) is 19.2 Å². The van der Waals surface area contributed by atoms with E-state index in [0.717, 1.165) is 32.2 Å². The molecule has 266 valence electrons. The minimum absolute atomic E-state index is 0.0743. The monoisotopic (exact) mass is 719 g/mol. The summed E-state index contributed by atoms with van der Waals surface area (Å²) in [4.78, 5) is 38.5. The molecule has 1 saturated heterocycles. The third-order valence-electron chi connectivity index (χ3n) is 9.64. The number of rotatable bonds is 8. The van der Waals surface area contributed by atoms with Crippen molar-refractivity contribution in [2.45, 2.75) is 50.9 Å². The van der Waals surface area contributed by atoms with Gasteiger partial charge in [-0.3, -0.25) is 13.9 Å². The van der Waals surface area contributed by atoms with E-state index < -0.39 is 23.5 Å². The number of alkyl halides is 2. The van der Waals surface area contributed by atoms with Crippen LogP contribution >= 0.6 is 11.6 Å². The summed E-state index contributed by atoms with van der Waals surface area (Å²) in [5.41, 5.74) is 10.7. The first-order valence-corrected chi connectivity index (χ1v) is 16.8. The molecule has 1 aliphatic heterocycles. The third-order valence-corrected chi connectivity index (χ3v) is 10.0. The van der Waals surface area contributed by atoms with Gasteiger partial charge in [0, 0.05) is 55.5 Å². The first kappa shape index (κ1) is 34.7. The number of pyridine rings is 1. The fraction of sp³-hybridized carbons (Fsp3) is 0.361. The summed E-state index contributed by atoms with van der Waals surface area (Å²) in [7, 11) is 4.25. The van der Waals surface area contributed by atoms with E-state index >= 15 is 0 Å². The average Bonchev–Trinajstić information content (AvgIpc) is 3.53. The van der Waals surface area contributed by atoms with Crippen molar-refractivity contribution < 1.29 is 23.0 Å². The molecule has 0 bridgehead atoms. The highest BCUT2D eigenvalue weighted by Crippen LogP contribution is 2.42. The lowest BCUT2D eigenvalue weighted by Gasteiger charge is -2.30. The van der Waals surface area contributed by atoms with Crippen molar-refractivity contribution in [3.05, 3.63) is 90.8 Å². The van der Waals surface area contributed by atoms with Gasteiger partial charge in [-0.1, -0.05) is 41.9 Å². The van der Waals surface area contributed by atoms with E-state index in [9.17, 15) is 18.4 Å². The number of nitrogens with two attached hydrogens (primary N) is 1. The van der Waals surface area contributed by atoms with Crippen LogP contribution in [0, 0.1) is 6.92 Å². The van der Waals surface area contributed by atoms with Gasteiger partial charge in [0.15, 0.2) is 11.5 Å². The zero-order valence-corrected chi connectivity index (χ0v) is 29.1. The number of methoxy groups -OCH3 is 1. The fourth-order valence-electron chi connectivity index (χ4n) is 6.85. The van der Waals surface area contributed by atoms with Gasteiger partial charge in [0.05, 0.1) is 36.6 Å². The highest BCUT2D eigenvalue weighted by Gasteiger charge is 2.32. The first-order valence-electron chi connectivity index (χ1n) is 16.4. The van der Waals surface area contributed by atoms with Crippen LogP contribution in [-0.4, -0.2) is 62.7 Å². The van der Waals surface area contributed by atoms with E-state index in [1.165, 1.54) is 14.1 Å². The Morgan fingerprint density at radius 2 is 1.78 bits per heavy atom. The van der Waals surface area contributed by atoms with Crippen molar-refractivity contribution in [1.82, 2.24) is 24.1 Å². The number of benzene rings is 2. The highest BCUT2D eigenvalue weighted by molar-refractivity contribution is 6.36. The second kappa shape index (κ2) is 13.8. The number of nitrogens with one attached hydrogen (secondary N) is 1. The second-order valence-electron chi connectivity index (χ2n) is 12.8. The summed E-state index contributed by atoms with van der Waals surface area (Å²) in [6, 6.07) is 13.0. The number of fused-ring (bicyclic) bond motifs is 2. The molecule has 1 unspecified atom stereocenters. The Bertz CT molecular complexity index is 2300. The van der Waals surface area contributed by atoms with Crippen LogP contribution in [0.2, 0.25) is 5.02 Å². The molecular weight excluding hydrogens is 684 g/mol.